The third-order valence-electron chi connectivity index (χ3n) is 4.08. The molecule has 0 bridgehead atoms. The summed E-state index contributed by atoms with van der Waals surface area (Å²) in [5.41, 5.74) is -0.787. The first-order valence-corrected chi connectivity index (χ1v) is 6.99. The number of likely N-dealkylation sites (N-methyl/N-ethyl adjacent to an activating group) is 1. The largest absolute Gasteiger partial charge is 0.491 e. The molecule has 0 amide bonds. The van der Waals surface area contributed by atoms with Gasteiger partial charge >= 0.3 is 5.97 Å². The monoisotopic (exact) mass is 293 g/mol. The Labute approximate surface area is 123 Å². The number of nitrogens with one attached hydrogen (secondary N) is 1. The van der Waals surface area contributed by atoms with Gasteiger partial charge < -0.3 is 24.3 Å². The van der Waals surface area contributed by atoms with Gasteiger partial charge in [-0.05, 0) is 37.9 Å². The van der Waals surface area contributed by atoms with E-state index >= 15 is 0 Å². The fourth-order valence-electron chi connectivity index (χ4n) is 2.64. The average molecular weight is 293 g/mol. The zero-order chi connectivity index (χ0) is 14.9. The van der Waals surface area contributed by atoms with E-state index in [2.05, 4.69) is 5.32 Å². The number of esters is 1. The lowest BCUT2D eigenvalue weighted by molar-refractivity contribution is -0.151. The molecule has 114 valence electrons. The second-order valence-electron chi connectivity index (χ2n) is 5.29. The first kappa shape index (κ1) is 14.0. The van der Waals surface area contributed by atoms with Crippen molar-refractivity contribution in [3.05, 3.63) is 18.2 Å². The Kier molecular flexibility index (Phi) is 3.63. The standard InChI is InChI=1S/C15H19NO5/c1-16-15(10-3-4-10,14(17)18-2)8-19-11-5-6-12-13(7-11)21-9-20-12/h5-7,10,16H,3-4,8-9H2,1-2H3. The molecule has 0 radical (unpaired) electrons. The first-order valence-electron chi connectivity index (χ1n) is 6.99. The van der Waals surface area contributed by atoms with Gasteiger partial charge in [0.05, 0.1) is 7.11 Å². The van der Waals surface area contributed by atoms with E-state index < -0.39 is 5.54 Å². The maximum Gasteiger partial charge on any atom is 0.329 e. The van der Waals surface area contributed by atoms with Crippen molar-refractivity contribution in [2.24, 2.45) is 5.92 Å². The van der Waals surface area contributed by atoms with Crippen molar-refractivity contribution in [2.75, 3.05) is 27.6 Å². The van der Waals surface area contributed by atoms with Gasteiger partial charge in [0.2, 0.25) is 6.79 Å². The molecule has 2 aliphatic rings. The second kappa shape index (κ2) is 5.44. The molecule has 1 aliphatic heterocycles. The van der Waals surface area contributed by atoms with Gasteiger partial charge in [0.15, 0.2) is 17.0 Å². The number of benzene rings is 1. The van der Waals surface area contributed by atoms with Gasteiger partial charge in [-0.2, -0.15) is 0 Å². The third-order valence-corrected chi connectivity index (χ3v) is 4.08. The second-order valence-corrected chi connectivity index (χ2v) is 5.29. The highest BCUT2D eigenvalue weighted by Crippen LogP contribution is 2.41. The van der Waals surface area contributed by atoms with Crippen LogP contribution in [0.1, 0.15) is 12.8 Å². The SMILES string of the molecule is CNC(COc1ccc2c(c1)OCO2)(C(=O)OC)C1CC1. The van der Waals surface area contributed by atoms with Crippen molar-refractivity contribution < 1.29 is 23.7 Å². The normalized spacial score (nSPS) is 19.0. The van der Waals surface area contributed by atoms with Crippen LogP contribution in [0.25, 0.3) is 0 Å². The fraction of sp³-hybridized carbons (Fsp3) is 0.533. The third kappa shape index (κ3) is 2.51. The molecule has 21 heavy (non-hydrogen) atoms. The van der Waals surface area contributed by atoms with Crippen LogP contribution in [-0.2, 0) is 9.53 Å². The lowest BCUT2D eigenvalue weighted by atomic mass is 9.94. The summed E-state index contributed by atoms with van der Waals surface area (Å²) in [5, 5.41) is 3.10. The van der Waals surface area contributed by atoms with Crippen molar-refractivity contribution in [2.45, 2.75) is 18.4 Å². The van der Waals surface area contributed by atoms with Crippen LogP contribution in [0.4, 0.5) is 0 Å². The Hall–Kier alpha value is -1.95. The van der Waals surface area contributed by atoms with Gasteiger partial charge in [0.25, 0.3) is 0 Å². The minimum absolute atomic E-state index is 0.223. The molecular weight excluding hydrogens is 274 g/mol. The Morgan fingerprint density at radius 3 is 2.81 bits per heavy atom. The van der Waals surface area contributed by atoms with Crippen molar-refractivity contribution in [1.29, 1.82) is 0 Å². The lowest BCUT2D eigenvalue weighted by Crippen LogP contribution is -2.57. The number of rotatable bonds is 6. The van der Waals surface area contributed by atoms with Crippen LogP contribution in [0.15, 0.2) is 18.2 Å². The van der Waals surface area contributed by atoms with Gasteiger partial charge in [-0.1, -0.05) is 0 Å². The van der Waals surface area contributed by atoms with Gasteiger partial charge in [0.1, 0.15) is 12.4 Å². The Morgan fingerprint density at radius 2 is 2.14 bits per heavy atom. The molecule has 1 aromatic carbocycles. The summed E-state index contributed by atoms with van der Waals surface area (Å²) in [6.45, 7) is 0.448. The molecule has 1 heterocycles. The topological polar surface area (TPSA) is 66.0 Å². The van der Waals surface area contributed by atoms with E-state index in [1.54, 1.807) is 25.2 Å². The van der Waals surface area contributed by atoms with Gasteiger partial charge in [-0.3, -0.25) is 0 Å². The zero-order valence-electron chi connectivity index (χ0n) is 12.2. The quantitative estimate of drug-likeness (QED) is 0.798. The summed E-state index contributed by atoms with van der Waals surface area (Å²) in [6, 6.07) is 5.37. The van der Waals surface area contributed by atoms with Crippen LogP contribution < -0.4 is 19.5 Å². The Morgan fingerprint density at radius 1 is 1.38 bits per heavy atom. The van der Waals surface area contributed by atoms with E-state index in [0.29, 0.717) is 17.2 Å². The molecule has 3 rings (SSSR count). The van der Waals surface area contributed by atoms with E-state index in [1.165, 1.54) is 7.11 Å². The van der Waals surface area contributed by atoms with Crippen molar-refractivity contribution in [3.8, 4) is 17.2 Å². The molecule has 1 saturated carbocycles. The molecule has 1 aromatic rings. The van der Waals surface area contributed by atoms with Crippen LogP contribution in [0.5, 0.6) is 17.2 Å². The number of ether oxygens (including phenoxy) is 4. The van der Waals surface area contributed by atoms with Crippen LogP contribution in [0, 0.1) is 5.92 Å². The minimum atomic E-state index is -0.787. The van der Waals surface area contributed by atoms with Crippen molar-refractivity contribution in [1.82, 2.24) is 5.32 Å². The van der Waals surface area contributed by atoms with Crippen molar-refractivity contribution in [3.63, 3.8) is 0 Å². The van der Waals surface area contributed by atoms with E-state index in [0.717, 1.165) is 12.8 Å². The molecule has 0 aromatic heterocycles. The molecule has 1 N–H and O–H groups in total. The summed E-state index contributed by atoms with van der Waals surface area (Å²) in [5.74, 6) is 1.98. The molecule has 1 unspecified atom stereocenters. The number of fused-ring (bicyclic) bond motifs is 1. The zero-order valence-corrected chi connectivity index (χ0v) is 12.2. The Balaban J connectivity index is 1.73. The van der Waals surface area contributed by atoms with Crippen LogP contribution in [-0.4, -0.2) is 39.1 Å². The van der Waals surface area contributed by atoms with E-state index in [-0.39, 0.29) is 25.3 Å². The van der Waals surface area contributed by atoms with Crippen LogP contribution >= 0.6 is 0 Å². The first-order chi connectivity index (χ1) is 10.2. The molecule has 1 fully saturated rings. The number of carbonyl (C=O) groups excluding carboxylic acids is 1. The fourth-order valence-corrected chi connectivity index (χ4v) is 2.64. The number of hydrogen-bond donors (Lipinski definition) is 1. The minimum Gasteiger partial charge on any atom is -0.491 e. The van der Waals surface area contributed by atoms with Crippen LogP contribution in [0.2, 0.25) is 0 Å². The van der Waals surface area contributed by atoms with Gasteiger partial charge in [-0.15, -0.1) is 0 Å². The van der Waals surface area contributed by atoms with E-state index in [1.807, 2.05) is 0 Å². The summed E-state index contributed by atoms with van der Waals surface area (Å²) in [4.78, 5) is 12.1. The predicted molar refractivity (Wildman–Crippen MR) is 74.6 cm³/mol. The van der Waals surface area contributed by atoms with E-state index in [4.69, 9.17) is 18.9 Å². The molecule has 0 spiro atoms. The highest BCUT2D eigenvalue weighted by molar-refractivity contribution is 5.82. The highest BCUT2D eigenvalue weighted by Gasteiger charge is 2.51. The van der Waals surface area contributed by atoms with Crippen molar-refractivity contribution >= 4 is 5.97 Å². The van der Waals surface area contributed by atoms with Gasteiger partial charge in [-0.25, -0.2) is 4.79 Å². The number of carbonyl (C=O) groups is 1. The molecule has 6 nitrogen and oxygen atoms in total. The van der Waals surface area contributed by atoms with E-state index in [9.17, 15) is 4.79 Å². The smallest absolute Gasteiger partial charge is 0.329 e. The molecule has 0 saturated heterocycles. The predicted octanol–water partition coefficient (Wildman–Crippen LogP) is 1.34. The number of methoxy groups -OCH3 is 1. The summed E-state index contributed by atoms with van der Waals surface area (Å²) >= 11 is 0. The summed E-state index contributed by atoms with van der Waals surface area (Å²) in [7, 11) is 3.16. The lowest BCUT2D eigenvalue weighted by Gasteiger charge is -2.30. The highest BCUT2D eigenvalue weighted by atomic mass is 16.7. The van der Waals surface area contributed by atoms with Gasteiger partial charge in [0, 0.05) is 6.07 Å². The molecule has 1 atom stereocenters. The Bertz CT molecular complexity index is 543. The molecule has 6 heteroatoms. The summed E-state index contributed by atoms with van der Waals surface area (Å²) in [6.07, 6.45) is 2.00. The molecular formula is C15H19NO5. The number of hydrogen-bond acceptors (Lipinski definition) is 6. The average Bonchev–Trinajstić information content (AvgIpc) is 3.26. The molecule has 1 aliphatic carbocycles. The van der Waals surface area contributed by atoms with Crippen LogP contribution in [0.3, 0.4) is 0 Å². The summed E-state index contributed by atoms with van der Waals surface area (Å²) < 4.78 is 21.3. The maximum absolute atomic E-state index is 12.1. The maximum atomic E-state index is 12.1.